The second-order valence-corrected chi connectivity index (χ2v) is 22.2. The van der Waals surface area contributed by atoms with Crippen molar-refractivity contribution in [1.82, 2.24) is 14.7 Å². The van der Waals surface area contributed by atoms with E-state index in [9.17, 15) is 29.4 Å². The van der Waals surface area contributed by atoms with Crippen molar-refractivity contribution < 1.29 is 43.6 Å². The van der Waals surface area contributed by atoms with Gasteiger partial charge in [-0.3, -0.25) is 14.7 Å². The molecule has 0 aliphatic carbocycles. The molecule has 0 spiro atoms. The molecule has 348 valence electrons. The maximum absolute atomic E-state index is 12.7. The lowest BCUT2D eigenvalue weighted by Crippen LogP contribution is -2.50. The van der Waals surface area contributed by atoms with Gasteiger partial charge in [0.05, 0.1) is 18.1 Å². The van der Waals surface area contributed by atoms with Crippen molar-refractivity contribution in [1.29, 1.82) is 0 Å². The van der Waals surface area contributed by atoms with Crippen molar-refractivity contribution in [2.45, 2.75) is 206 Å². The molecule has 12 nitrogen and oxygen atoms in total. The summed E-state index contributed by atoms with van der Waals surface area (Å²) in [6, 6.07) is 13.4. The molecule has 3 aliphatic rings. The van der Waals surface area contributed by atoms with Gasteiger partial charge in [-0.05, 0) is 155 Å². The van der Waals surface area contributed by atoms with E-state index in [1.165, 1.54) is 0 Å². The third kappa shape index (κ3) is 14.0. The van der Waals surface area contributed by atoms with Gasteiger partial charge in [0.1, 0.15) is 35.3 Å². The summed E-state index contributed by atoms with van der Waals surface area (Å²) >= 11 is 12.4. The second kappa shape index (κ2) is 20.1. The summed E-state index contributed by atoms with van der Waals surface area (Å²) in [5, 5.41) is 22.7. The lowest BCUT2D eigenvalue weighted by Gasteiger charge is -2.38. The van der Waals surface area contributed by atoms with Crippen molar-refractivity contribution in [3.63, 3.8) is 0 Å². The number of halogens is 2. The van der Waals surface area contributed by atoms with E-state index in [-0.39, 0.29) is 34.7 Å². The van der Waals surface area contributed by atoms with Crippen LogP contribution in [0.1, 0.15) is 166 Å². The lowest BCUT2D eigenvalue weighted by molar-refractivity contribution is -0.112. The van der Waals surface area contributed by atoms with E-state index in [0.29, 0.717) is 34.0 Å². The number of hydrogen-bond donors (Lipinski definition) is 2. The van der Waals surface area contributed by atoms with Crippen molar-refractivity contribution in [3.8, 4) is 0 Å². The van der Waals surface area contributed by atoms with Gasteiger partial charge < -0.3 is 29.2 Å². The van der Waals surface area contributed by atoms with E-state index < -0.39 is 47.3 Å². The van der Waals surface area contributed by atoms with Gasteiger partial charge >= 0.3 is 18.3 Å². The minimum Gasteiger partial charge on any atom is -0.444 e. The standard InChI is InChI=1S/2C18H26ClNO3.C12H21NO3/c2*1-17(2,3)23-16(22)20-14(10-11-18(20,4)5)15(21)12-8-6-7-9-13(12)19;1-11(2,3)16-10(15)13-9(8-14)6-7-12(13,4)5/h2*6-9,14-15,21H,10-11H2,1-5H3;8-9H,6-7H2,1-5H3/t14-,15+;14-,15-;9-/m111/s1. The Labute approximate surface area is 380 Å². The Balaban J connectivity index is 0.000000253. The van der Waals surface area contributed by atoms with Crippen LogP contribution in [0.15, 0.2) is 48.5 Å². The van der Waals surface area contributed by atoms with E-state index in [0.717, 1.165) is 32.0 Å². The summed E-state index contributed by atoms with van der Waals surface area (Å²) in [5.41, 5.74) is -1.41. The van der Waals surface area contributed by atoms with Crippen LogP contribution < -0.4 is 0 Å². The average Bonchev–Trinajstić information content (AvgIpc) is 3.73. The first-order valence-corrected chi connectivity index (χ1v) is 22.4. The zero-order valence-electron chi connectivity index (χ0n) is 39.7. The quantitative estimate of drug-likeness (QED) is 0.221. The molecule has 0 bridgehead atoms. The molecule has 3 aliphatic heterocycles. The maximum atomic E-state index is 12.7. The fourth-order valence-electron chi connectivity index (χ4n) is 8.25. The predicted octanol–water partition coefficient (Wildman–Crippen LogP) is 11.5. The molecular formula is C48H73Cl2N3O9. The third-order valence-electron chi connectivity index (χ3n) is 11.2. The highest BCUT2D eigenvalue weighted by atomic mass is 35.5. The van der Waals surface area contributed by atoms with Gasteiger partial charge in [-0.15, -0.1) is 0 Å². The molecule has 2 aromatic rings. The highest BCUT2D eigenvalue weighted by Crippen LogP contribution is 2.43. The Hall–Kier alpha value is -3.58. The van der Waals surface area contributed by atoms with Crippen LogP contribution in [-0.4, -0.2) is 101 Å². The van der Waals surface area contributed by atoms with Gasteiger partial charge in [0.2, 0.25) is 0 Å². The summed E-state index contributed by atoms with van der Waals surface area (Å²) in [4.78, 5) is 53.2. The normalized spacial score (nSPS) is 22.6. The van der Waals surface area contributed by atoms with Gasteiger partial charge in [0.15, 0.2) is 0 Å². The molecule has 0 radical (unpaired) electrons. The second-order valence-electron chi connectivity index (χ2n) is 21.4. The van der Waals surface area contributed by atoms with Gasteiger partial charge in [0.25, 0.3) is 0 Å². The van der Waals surface area contributed by atoms with Crippen LogP contribution in [0.25, 0.3) is 0 Å². The van der Waals surface area contributed by atoms with E-state index >= 15 is 0 Å². The number of aliphatic hydroxyl groups excluding tert-OH is 2. The third-order valence-corrected chi connectivity index (χ3v) is 11.9. The molecule has 2 N–H and O–H groups in total. The molecule has 3 heterocycles. The molecule has 5 atom stereocenters. The fraction of sp³-hybridized carbons (Fsp3) is 0.667. The Bertz CT molecular complexity index is 1760. The number of nitrogens with zero attached hydrogens (tertiary/aromatic N) is 3. The number of aliphatic hydroxyl groups is 2. The molecule has 62 heavy (non-hydrogen) atoms. The summed E-state index contributed by atoms with van der Waals surface area (Å²) in [6.45, 7) is 28.4. The van der Waals surface area contributed by atoms with Crippen LogP contribution in [0.2, 0.25) is 10.0 Å². The number of likely N-dealkylation sites (tertiary alicyclic amines) is 3. The number of carbonyl (C=O) groups excluding carboxylic acids is 4. The summed E-state index contributed by atoms with van der Waals surface area (Å²) < 4.78 is 16.4. The van der Waals surface area contributed by atoms with Crippen LogP contribution in [0.4, 0.5) is 14.4 Å². The predicted molar refractivity (Wildman–Crippen MR) is 244 cm³/mol. The Morgan fingerprint density at radius 2 is 0.871 bits per heavy atom. The van der Waals surface area contributed by atoms with Crippen molar-refractivity contribution >= 4 is 47.8 Å². The summed E-state index contributed by atoms with van der Waals surface area (Å²) in [7, 11) is 0. The smallest absolute Gasteiger partial charge is 0.411 e. The van der Waals surface area contributed by atoms with Crippen LogP contribution in [-0.2, 0) is 19.0 Å². The van der Waals surface area contributed by atoms with Crippen LogP contribution in [0.3, 0.4) is 0 Å². The zero-order chi connectivity index (χ0) is 47.4. The van der Waals surface area contributed by atoms with Gasteiger partial charge in [0, 0.05) is 37.8 Å². The molecular weight excluding hydrogens is 833 g/mol. The Morgan fingerprint density at radius 1 is 0.581 bits per heavy atom. The number of ether oxygens (including phenoxy) is 3. The van der Waals surface area contributed by atoms with E-state index in [2.05, 4.69) is 0 Å². The maximum Gasteiger partial charge on any atom is 0.411 e. The molecule has 3 fully saturated rings. The summed E-state index contributed by atoms with van der Waals surface area (Å²) in [6.07, 6.45) is 2.55. The molecule has 0 saturated carbocycles. The molecule has 2 aromatic carbocycles. The molecule has 0 aromatic heterocycles. The first-order valence-electron chi connectivity index (χ1n) is 21.6. The van der Waals surface area contributed by atoms with Crippen molar-refractivity contribution in [2.24, 2.45) is 0 Å². The zero-order valence-corrected chi connectivity index (χ0v) is 41.2. The number of aldehydes is 1. The van der Waals surface area contributed by atoms with Gasteiger partial charge in [-0.1, -0.05) is 59.6 Å². The summed E-state index contributed by atoms with van der Waals surface area (Å²) in [5.74, 6) is 0. The topological polar surface area (TPSA) is 146 Å². The van der Waals surface area contributed by atoms with E-state index in [1.807, 2.05) is 128 Å². The van der Waals surface area contributed by atoms with Crippen molar-refractivity contribution in [2.75, 3.05) is 0 Å². The highest BCUT2D eigenvalue weighted by molar-refractivity contribution is 6.31. The van der Waals surface area contributed by atoms with Crippen molar-refractivity contribution in [3.05, 3.63) is 69.7 Å². The highest BCUT2D eigenvalue weighted by Gasteiger charge is 2.49. The van der Waals surface area contributed by atoms with Crippen LogP contribution >= 0.6 is 23.2 Å². The van der Waals surface area contributed by atoms with Gasteiger partial charge in [-0.2, -0.15) is 0 Å². The lowest BCUT2D eigenvalue weighted by atomic mass is 10.00. The number of benzene rings is 2. The Kier molecular flexibility index (Phi) is 17.1. The minimum absolute atomic E-state index is 0.298. The molecule has 0 unspecified atom stereocenters. The average molecular weight is 907 g/mol. The molecule has 3 saturated heterocycles. The first-order chi connectivity index (χ1) is 28.2. The first kappa shape index (κ1) is 52.8. The Morgan fingerprint density at radius 3 is 1.18 bits per heavy atom. The molecule has 3 amide bonds. The van der Waals surface area contributed by atoms with Crippen LogP contribution in [0.5, 0.6) is 0 Å². The number of carbonyl (C=O) groups is 4. The van der Waals surface area contributed by atoms with Crippen LogP contribution in [0, 0.1) is 0 Å². The molecule has 5 rings (SSSR count). The largest absolute Gasteiger partial charge is 0.444 e. The number of hydrogen-bond acceptors (Lipinski definition) is 9. The number of amides is 3. The van der Waals surface area contributed by atoms with E-state index in [1.54, 1.807) is 39.0 Å². The monoisotopic (exact) mass is 905 g/mol. The fourth-order valence-corrected chi connectivity index (χ4v) is 8.75. The molecule has 14 heteroatoms. The van der Waals surface area contributed by atoms with E-state index in [4.69, 9.17) is 37.4 Å². The number of rotatable bonds is 5. The minimum atomic E-state index is -0.835. The SMILES string of the molecule is CC(C)(C)OC(=O)N1[C@@H](C=O)CCC1(C)C.CC(C)(C)OC(=O)N1[C@@H]([C@@H](O)c2ccccc2Cl)CCC1(C)C.CC(C)(C)OC(=O)N1[C@@H]([C@H](O)c2ccccc2Cl)CCC1(C)C. The van der Waals surface area contributed by atoms with Gasteiger partial charge in [-0.25, -0.2) is 14.4 Å².